The van der Waals surface area contributed by atoms with E-state index in [-0.39, 0.29) is 11.6 Å². The molecule has 2 heterocycles. The van der Waals surface area contributed by atoms with Crippen molar-refractivity contribution >= 4 is 17.5 Å². The molecule has 1 aromatic heterocycles. The van der Waals surface area contributed by atoms with E-state index < -0.39 is 12.2 Å². The summed E-state index contributed by atoms with van der Waals surface area (Å²) in [6.45, 7) is 10.9. The quantitative estimate of drug-likeness (QED) is 0.598. The third-order valence-electron chi connectivity index (χ3n) is 5.37. The van der Waals surface area contributed by atoms with Crippen molar-refractivity contribution in [3.8, 4) is 0 Å². The predicted molar refractivity (Wildman–Crippen MR) is 120 cm³/mol. The van der Waals surface area contributed by atoms with Crippen molar-refractivity contribution in [2.75, 3.05) is 31.6 Å². The summed E-state index contributed by atoms with van der Waals surface area (Å²) in [5, 5.41) is 10.8. The first-order valence-corrected chi connectivity index (χ1v) is 11.2. The van der Waals surface area contributed by atoms with E-state index in [4.69, 9.17) is 9.47 Å². The van der Waals surface area contributed by atoms with Crippen LogP contribution in [-0.2, 0) is 16.0 Å². The monoisotopic (exact) mass is 443 g/mol. The van der Waals surface area contributed by atoms with Gasteiger partial charge in [-0.3, -0.25) is 9.59 Å². The van der Waals surface area contributed by atoms with E-state index >= 15 is 0 Å². The largest absolute Gasteiger partial charge is 0.351 e. The summed E-state index contributed by atoms with van der Waals surface area (Å²) < 4.78 is 12.5. The topological polar surface area (TPSA) is 98.6 Å². The van der Waals surface area contributed by atoms with Gasteiger partial charge in [0.25, 0.3) is 11.8 Å². The number of nitrogens with zero attached hydrogens (tertiary/aromatic N) is 4. The van der Waals surface area contributed by atoms with Crippen molar-refractivity contribution in [1.29, 1.82) is 0 Å². The van der Waals surface area contributed by atoms with Crippen LogP contribution in [0, 0.1) is 11.8 Å². The number of piperidine rings is 1. The lowest BCUT2D eigenvalue weighted by molar-refractivity contribution is -0.145. The van der Waals surface area contributed by atoms with Gasteiger partial charge in [-0.25, -0.2) is 4.68 Å². The van der Waals surface area contributed by atoms with Crippen LogP contribution in [0.3, 0.4) is 0 Å². The normalized spacial score (nSPS) is 18.7. The molecule has 9 heteroatoms. The lowest BCUT2D eigenvalue weighted by Crippen LogP contribution is -2.42. The maximum absolute atomic E-state index is 13.2. The molecule has 3 rings (SSSR count). The second kappa shape index (κ2) is 11.2. The van der Waals surface area contributed by atoms with Crippen LogP contribution in [0.15, 0.2) is 30.5 Å². The number of carbonyl (C=O) groups is 2. The average Bonchev–Trinajstić information content (AvgIpc) is 3.22. The molecule has 1 saturated heterocycles. The molecule has 1 aromatic carbocycles. The van der Waals surface area contributed by atoms with E-state index in [2.05, 4.69) is 29.5 Å². The predicted octanol–water partition coefficient (Wildman–Crippen LogP) is 3.05. The van der Waals surface area contributed by atoms with Crippen LogP contribution < -0.4 is 5.32 Å². The molecular weight excluding hydrogens is 410 g/mol. The number of likely N-dealkylation sites (tertiary alicyclic amines) is 1. The Labute approximate surface area is 189 Å². The van der Waals surface area contributed by atoms with Gasteiger partial charge >= 0.3 is 0 Å². The first-order valence-electron chi connectivity index (χ1n) is 11.2. The second-order valence-corrected chi connectivity index (χ2v) is 8.32. The van der Waals surface area contributed by atoms with Crippen molar-refractivity contribution in [3.05, 3.63) is 41.7 Å². The molecule has 2 unspecified atom stereocenters. The maximum Gasteiger partial charge on any atom is 0.277 e. The van der Waals surface area contributed by atoms with Crippen molar-refractivity contribution in [1.82, 2.24) is 19.9 Å². The third kappa shape index (κ3) is 6.14. The summed E-state index contributed by atoms with van der Waals surface area (Å²) in [5.41, 5.74) is 1.09. The Morgan fingerprint density at radius 3 is 2.44 bits per heavy atom. The van der Waals surface area contributed by atoms with Gasteiger partial charge < -0.3 is 19.7 Å². The Bertz CT molecular complexity index is 899. The maximum atomic E-state index is 13.2. The van der Waals surface area contributed by atoms with E-state index in [0.29, 0.717) is 42.8 Å². The Morgan fingerprint density at radius 1 is 1.12 bits per heavy atom. The van der Waals surface area contributed by atoms with Gasteiger partial charge in [0, 0.05) is 26.3 Å². The highest BCUT2D eigenvalue weighted by atomic mass is 16.7. The molecule has 0 saturated carbocycles. The van der Waals surface area contributed by atoms with Crippen LogP contribution in [-0.4, -0.2) is 64.3 Å². The number of carbonyl (C=O) groups excluding carboxylic acids is 2. The molecule has 2 aromatic rings. The zero-order valence-corrected chi connectivity index (χ0v) is 19.3. The molecule has 2 atom stereocenters. The molecule has 1 N–H and O–H groups in total. The number of aromatic nitrogens is 3. The third-order valence-corrected chi connectivity index (χ3v) is 5.37. The number of para-hydroxylation sites is 1. The highest BCUT2D eigenvalue weighted by Crippen LogP contribution is 2.25. The Hall–Kier alpha value is -2.78. The van der Waals surface area contributed by atoms with Crippen molar-refractivity contribution < 1.29 is 19.1 Å². The summed E-state index contributed by atoms with van der Waals surface area (Å²) in [5.74, 6) is 0.411. The number of amides is 2. The minimum atomic E-state index is -0.463. The zero-order chi connectivity index (χ0) is 23.1. The van der Waals surface area contributed by atoms with Crippen LogP contribution in [0.5, 0.6) is 0 Å². The van der Waals surface area contributed by atoms with Crippen molar-refractivity contribution in [2.24, 2.45) is 11.8 Å². The first-order chi connectivity index (χ1) is 15.4. The van der Waals surface area contributed by atoms with Gasteiger partial charge in [-0.2, -0.15) is 0 Å². The molecular formula is C23H33N5O4. The number of hydrogen-bond acceptors (Lipinski definition) is 6. The van der Waals surface area contributed by atoms with Crippen LogP contribution in [0.2, 0.25) is 0 Å². The van der Waals surface area contributed by atoms with Gasteiger partial charge in [-0.15, -0.1) is 5.10 Å². The molecule has 174 valence electrons. The minimum Gasteiger partial charge on any atom is -0.351 e. The van der Waals surface area contributed by atoms with E-state index in [1.54, 1.807) is 30.5 Å². The summed E-state index contributed by atoms with van der Waals surface area (Å²) in [6, 6.07) is 7.07. The summed E-state index contributed by atoms with van der Waals surface area (Å²) >= 11 is 0. The van der Waals surface area contributed by atoms with Crippen LogP contribution in [0.4, 0.5) is 5.69 Å². The van der Waals surface area contributed by atoms with Gasteiger partial charge in [-0.05, 0) is 44.2 Å². The molecule has 0 bridgehead atoms. The number of nitrogens with one attached hydrogen (secondary N) is 1. The van der Waals surface area contributed by atoms with E-state index in [1.165, 1.54) is 4.68 Å². The van der Waals surface area contributed by atoms with E-state index in [0.717, 1.165) is 19.5 Å². The average molecular weight is 444 g/mol. The standard InChI is InChI=1S/C23H33N5O4/c1-5-31-21(32-6-2)15-28-14-20(25-26-28)22(29)24-19-10-8-7-9-18(19)23(30)27-12-16(3)11-17(4)13-27/h7-10,14,16-17,21H,5-6,11-13,15H2,1-4H3,(H,24,29). The number of benzene rings is 1. The van der Waals surface area contributed by atoms with Gasteiger partial charge in [0.1, 0.15) is 0 Å². The number of ether oxygens (including phenoxy) is 2. The van der Waals surface area contributed by atoms with Crippen molar-refractivity contribution in [3.63, 3.8) is 0 Å². The molecule has 1 aliphatic heterocycles. The smallest absolute Gasteiger partial charge is 0.277 e. The highest BCUT2D eigenvalue weighted by Gasteiger charge is 2.27. The Balaban J connectivity index is 1.70. The first kappa shape index (κ1) is 23.9. The SMILES string of the molecule is CCOC(Cn1cc(C(=O)Nc2ccccc2C(=O)N2CC(C)CC(C)C2)nn1)OCC. The van der Waals surface area contributed by atoms with Gasteiger partial charge in [0.15, 0.2) is 12.0 Å². The van der Waals surface area contributed by atoms with E-state index in [9.17, 15) is 9.59 Å². The fourth-order valence-electron chi connectivity index (χ4n) is 4.13. The van der Waals surface area contributed by atoms with E-state index in [1.807, 2.05) is 18.7 Å². The fraction of sp³-hybridized carbons (Fsp3) is 0.565. The lowest BCUT2D eigenvalue weighted by atomic mass is 9.91. The molecule has 9 nitrogen and oxygen atoms in total. The van der Waals surface area contributed by atoms with Crippen LogP contribution >= 0.6 is 0 Å². The van der Waals surface area contributed by atoms with Crippen LogP contribution in [0.1, 0.15) is 55.0 Å². The summed E-state index contributed by atoms with van der Waals surface area (Å²) in [6.07, 6.45) is 2.19. The summed E-state index contributed by atoms with van der Waals surface area (Å²) in [7, 11) is 0. The molecule has 1 aliphatic rings. The minimum absolute atomic E-state index is 0.0702. The lowest BCUT2D eigenvalue weighted by Gasteiger charge is -2.35. The van der Waals surface area contributed by atoms with Gasteiger partial charge in [-0.1, -0.05) is 31.2 Å². The molecule has 0 aliphatic carbocycles. The molecule has 2 amide bonds. The Morgan fingerprint density at radius 2 is 1.78 bits per heavy atom. The Kier molecular flexibility index (Phi) is 8.35. The highest BCUT2D eigenvalue weighted by molar-refractivity contribution is 6.08. The zero-order valence-electron chi connectivity index (χ0n) is 19.3. The van der Waals surface area contributed by atoms with Gasteiger partial charge in [0.05, 0.1) is 24.0 Å². The second-order valence-electron chi connectivity index (χ2n) is 8.32. The molecule has 32 heavy (non-hydrogen) atoms. The van der Waals surface area contributed by atoms with Crippen molar-refractivity contribution in [2.45, 2.75) is 47.0 Å². The molecule has 0 radical (unpaired) electrons. The number of hydrogen-bond donors (Lipinski definition) is 1. The number of anilines is 1. The summed E-state index contributed by atoms with van der Waals surface area (Å²) in [4.78, 5) is 27.9. The fourth-order valence-corrected chi connectivity index (χ4v) is 4.13. The van der Waals surface area contributed by atoms with Gasteiger partial charge in [0.2, 0.25) is 0 Å². The van der Waals surface area contributed by atoms with Crippen LogP contribution in [0.25, 0.3) is 0 Å². The molecule has 0 spiro atoms. The number of rotatable bonds is 9. The molecule has 1 fully saturated rings.